The molecule has 0 saturated carbocycles. The molecule has 0 atom stereocenters. The lowest BCUT2D eigenvalue weighted by molar-refractivity contribution is -0.665. The lowest BCUT2D eigenvalue weighted by Crippen LogP contribution is -2.33. The number of rotatable bonds is 5. The number of para-hydroxylation sites is 2. The Morgan fingerprint density at radius 1 is 1.06 bits per heavy atom. The summed E-state index contributed by atoms with van der Waals surface area (Å²) in [5.74, 6) is 0. The SMILES string of the molecule is CCN1/C(=C/C2=CC(=C(C)\C=C/c3sc4ccccc4[n+]3CC)/CC(C)(C)C2)Sc2ccccc21. The van der Waals surface area contributed by atoms with Crippen molar-refractivity contribution in [3.8, 4) is 0 Å². The van der Waals surface area contributed by atoms with Crippen molar-refractivity contribution in [1.29, 1.82) is 0 Å². The van der Waals surface area contributed by atoms with E-state index in [1.807, 2.05) is 23.1 Å². The van der Waals surface area contributed by atoms with Crippen LogP contribution in [0.2, 0.25) is 0 Å². The zero-order chi connectivity index (χ0) is 24.6. The predicted octanol–water partition coefficient (Wildman–Crippen LogP) is 8.76. The van der Waals surface area contributed by atoms with Crippen LogP contribution in [0.3, 0.4) is 0 Å². The number of hydrogen-bond acceptors (Lipinski definition) is 3. The van der Waals surface area contributed by atoms with Crippen LogP contribution in [-0.2, 0) is 6.54 Å². The van der Waals surface area contributed by atoms with Crippen molar-refractivity contribution in [2.24, 2.45) is 5.41 Å². The number of thioether (sulfide) groups is 1. The number of thiazole rings is 1. The van der Waals surface area contributed by atoms with Gasteiger partial charge in [0, 0.05) is 23.6 Å². The van der Waals surface area contributed by atoms with Crippen LogP contribution >= 0.6 is 23.1 Å². The second-order valence-electron chi connectivity index (χ2n) is 10.2. The molecular weight excluding hydrogens is 464 g/mol. The second kappa shape index (κ2) is 9.83. The van der Waals surface area contributed by atoms with Crippen LogP contribution in [0, 0.1) is 5.41 Å². The smallest absolute Gasteiger partial charge is 0.262 e. The zero-order valence-corrected chi connectivity index (χ0v) is 23.1. The molecule has 1 aliphatic heterocycles. The van der Waals surface area contributed by atoms with Crippen LogP contribution in [-0.4, -0.2) is 6.54 Å². The molecule has 0 fully saturated rings. The van der Waals surface area contributed by atoms with Gasteiger partial charge in [-0.2, -0.15) is 4.57 Å². The van der Waals surface area contributed by atoms with E-state index in [4.69, 9.17) is 0 Å². The first-order chi connectivity index (χ1) is 16.9. The van der Waals surface area contributed by atoms with Crippen molar-refractivity contribution in [3.05, 3.63) is 93.5 Å². The topological polar surface area (TPSA) is 7.12 Å². The minimum Gasteiger partial charge on any atom is -0.335 e. The Morgan fingerprint density at radius 3 is 2.63 bits per heavy atom. The molecule has 180 valence electrons. The highest BCUT2D eigenvalue weighted by atomic mass is 32.2. The van der Waals surface area contributed by atoms with Gasteiger partial charge in [-0.15, -0.1) is 0 Å². The van der Waals surface area contributed by atoms with E-state index in [1.165, 1.54) is 47.6 Å². The van der Waals surface area contributed by atoms with Gasteiger partial charge in [-0.25, -0.2) is 0 Å². The van der Waals surface area contributed by atoms with Crippen LogP contribution in [0.25, 0.3) is 16.3 Å². The van der Waals surface area contributed by atoms with E-state index < -0.39 is 0 Å². The Hall–Kier alpha value is -2.56. The molecule has 0 unspecified atom stereocenters. The molecule has 1 aromatic heterocycles. The second-order valence-corrected chi connectivity index (χ2v) is 12.4. The van der Waals surface area contributed by atoms with Gasteiger partial charge in [0.15, 0.2) is 0 Å². The van der Waals surface area contributed by atoms with E-state index in [-0.39, 0.29) is 5.41 Å². The van der Waals surface area contributed by atoms with Crippen molar-refractivity contribution in [1.82, 2.24) is 0 Å². The van der Waals surface area contributed by atoms with Crippen molar-refractivity contribution in [3.63, 3.8) is 0 Å². The van der Waals surface area contributed by atoms with E-state index >= 15 is 0 Å². The van der Waals surface area contributed by atoms with Crippen LogP contribution in [0.5, 0.6) is 0 Å². The van der Waals surface area contributed by atoms with Gasteiger partial charge in [-0.3, -0.25) is 0 Å². The van der Waals surface area contributed by atoms with E-state index in [0.717, 1.165) is 25.9 Å². The number of anilines is 1. The molecule has 0 bridgehead atoms. The zero-order valence-electron chi connectivity index (χ0n) is 21.5. The van der Waals surface area contributed by atoms with Gasteiger partial charge >= 0.3 is 0 Å². The fraction of sp³-hybridized carbons (Fsp3) is 0.323. The highest BCUT2D eigenvalue weighted by molar-refractivity contribution is 8.03. The molecule has 0 amide bonds. The normalized spacial score (nSPS) is 20.1. The Labute approximate surface area is 218 Å². The minimum atomic E-state index is 0.250. The Morgan fingerprint density at radius 2 is 1.83 bits per heavy atom. The largest absolute Gasteiger partial charge is 0.335 e. The monoisotopic (exact) mass is 499 g/mol. The van der Waals surface area contributed by atoms with Crippen molar-refractivity contribution >= 4 is 45.1 Å². The van der Waals surface area contributed by atoms with Gasteiger partial charge in [0.2, 0.25) is 5.52 Å². The summed E-state index contributed by atoms with van der Waals surface area (Å²) in [5.41, 5.74) is 7.17. The summed E-state index contributed by atoms with van der Waals surface area (Å²) in [6.45, 7) is 13.5. The average molecular weight is 500 g/mol. The van der Waals surface area contributed by atoms with Crippen molar-refractivity contribution in [2.75, 3.05) is 11.4 Å². The minimum absolute atomic E-state index is 0.250. The summed E-state index contributed by atoms with van der Waals surface area (Å²) < 4.78 is 3.77. The fourth-order valence-electron chi connectivity index (χ4n) is 5.25. The quantitative estimate of drug-likeness (QED) is 0.324. The number of aromatic nitrogens is 1. The summed E-state index contributed by atoms with van der Waals surface area (Å²) in [6, 6.07) is 17.5. The van der Waals surface area contributed by atoms with E-state index in [2.05, 4.69) is 117 Å². The maximum absolute atomic E-state index is 2.45. The van der Waals surface area contributed by atoms with Crippen LogP contribution < -0.4 is 9.47 Å². The molecule has 1 aliphatic carbocycles. The molecule has 2 nitrogen and oxygen atoms in total. The first-order valence-corrected chi connectivity index (χ1v) is 14.3. The molecule has 0 radical (unpaired) electrons. The van der Waals surface area contributed by atoms with Gasteiger partial charge in [0.25, 0.3) is 5.01 Å². The molecule has 2 aromatic carbocycles. The van der Waals surface area contributed by atoms with Crippen molar-refractivity contribution < 1.29 is 4.57 Å². The Balaban J connectivity index is 1.48. The standard InChI is InChI=1S/C31H35N2S2/c1-6-32-25-12-8-10-14-27(25)34-29(32)17-16-22(3)24-18-23(20-31(4,5)21-24)19-30-33(7-2)26-13-9-11-15-28(26)35-30/h8-19H,6-7,20-21H2,1-5H3/q+1. The lowest BCUT2D eigenvalue weighted by atomic mass is 9.74. The number of benzene rings is 2. The average Bonchev–Trinajstić information content (AvgIpc) is 3.38. The molecule has 2 heterocycles. The number of fused-ring (bicyclic) bond motifs is 2. The molecule has 0 saturated heterocycles. The number of aryl methyl sites for hydroxylation is 1. The van der Waals surface area contributed by atoms with Crippen molar-refractivity contribution in [2.45, 2.75) is 58.9 Å². The maximum atomic E-state index is 2.45. The summed E-state index contributed by atoms with van der Waals surface area (Å²) >= 11 is 3.78. The van der Waals surface area contributed by atoms with Gasteiger partial charge < -0.3 is 4.90 Å². The van der Waals surface area contributed by atoms with E-state index in [9.17, 15) is 0 Å². The summed E-state index contributed by atoms with van der Waals surface area (Å²) in [4.78, 5) is 3.81. The maximum Gasteiger partial charge on any atom is 0.262 e. The van der Waals surface area contributed by atoms with Gasteiger partial charge in [0.1, 0.15) is 11.2 Å². The van der Waals surface area contributed by atoms with E-state index in [0.29, 0.717) is 0 Å². The van der Waals surface area contributed by atoms with Gasteiger partial charge in [-0.05, 0) is 80.0 Å². The lowest BCUT2D eigenvalue weighted by Gasteiger charge is -2.31. The molecule has 2 aliphatic rings. The Bertz CT molecular complexity index is 1380. The molecule has 35 heavy (non-hydrogen) atoms. The molecular formula is C31H35N2S2+. The Kier molecular flexibility index (Phi) is 6.78. The molecule has 4 heteroatoms. The highest BCUT2D eigenvalue weighted by Gasteiger charge is 2.28. The first kappa shape index (κ1) is 24.1. The van der Waals surface area contributed by atoms with Crippen LogP contribution in [0.1, 0.15) is 52.5 Å². The molecule has 0 spiro atoms. The van der Waals surface area contributed by atoms with E-state index in [1.54, 1.807) is 0 Å². The van der Waals surface area contributed by atoms with Crippen LogP contribution in [0.4, 0.5) is 5.69 Å². The third-order valence-corrected chi connectivity index (χ3v) is 9.15. The summed E-state index contributed by atoms with van der Waals surface area (Å²) in [7, 11) is 0. The third kappa shape index (κ3) is 4.92. The number of allylic oxidation sites excluding steroid dienone is 6. The number of nitrogens with zero attached hydrogens (tertiary/aromatic N) is 2. The molecule has 5 rings (SSSR count). The molecule has 3 aromatic rings. The summed E-state index contributed by atoms with van der Waals surface area (Å²) in [5, 5.41) is 2.66. The first-order valence-electron chi connectivity index (χ1n) is 12.6. The molecule has 0 N–H and O–H groups in total. The van der Waals surface area contributed by atoms with Gasteiger partial charge in [0.05, 0.1) is 10.7 Å². The highest BCUT2D eigenvalue weighted by Crippen LogP contribution is 2.47. The number of hydrogen-bond donors (Lipinski definition) is 0. The van der Waals surface area contributed by atoms with Gasteiger partial charge in [-0.1, -0.05) is 73.4 Å². The summed E-state index contributed by atoms with van der Waals surface area (Å²) in [6.07, 6.45) is 11.7. The third-order valence-electron chi connectivity index (χ3n) is 6.91. The van der Waals surface area contributed by atoms with Crippen LogP contribution in [0.15, 0.2) is 93.4 Å². The fourth-order valence-corrected chi connectivity index (χ4v) is 7.59. The predicted molar refractivity (Wildman–Crippen MR) is 154 cm³/mol.